The molecule has 6 heteroatoms. The summed E-state index contributed by atoms with van der Waals surface area (Å²) < 4.78 is 1.82. The van der Waals surface area contributed by atoms with Gasteiger partial charge in [0, 0.05) is 24.9 Å². The fourth-order valence-corrected chi connectivity index (χ4v) is 5.48. The highest BCUT2D eigenvalue weighted by molar-refractivity contribution is 5.89. The van der Waals surface area contributed by atoms with Gasteiger partial charge < -0.3 is 10.0 Å². The molecule has 164 valence electrons. The highest BCUT2D eigenvalue weighted by Gasteiger charge is 2.34. The quantitative estimate of drug-likeness (QED) is 0.757. The van der Waals surface area contributed by atoms with E-state index in [1.807, 2.05) is 16.8 Å². The number of likely N-dealkylation sites (tertiary alicyclic amines) is 1. The number of carboxylic acid groups (broad SMARTS) is 1. The molecule has 3 aliphatic rings. The maximum atomic E-state index is 13.1. The number of piperidine rings is 1. The van der Waals surface area contributed by atoms with Crippen LogP contribution in [0.4, 0.5) is 0 Å². The number of hydrogen-bond acceptors (Lipinski definition) is 3. The van der Waals surface area contributed by atoms with Gasteiger partial charge in [0.1, 0.15) is 5.56 Å². The number of hydrogen-bond donors (Lipinski definition) is 1. The fraction of sp³-hybridized carbons (Fsp3) is 0.560. The van der Waals surface area contributed by atoms with Crippen LogP contribution in [0.2, 0.25) is 0 Å². The van der Waals surface area contributed by atoms with Gasteiger partial charge in [-0.3, -0.25) is 4.79 Å². The first kappa shape index (κ1) is 20.3. The number of carbonyl (C=O) groups is 2. The van der Waals surface area contributed by atoms with Crippen LogP contribution in [0, 0.1) is 5.92 Å². The van der Waals surface area contributed by atoms with E-state index < -0.39 is 5.97 Å². The van der Waals surface area contributed by atoms with E-state index in [0.717, 1.165) is 75.8 Å². The lowest BCUT2D eigenvalue weighted by atomic mass is 9.77. The van der Waals surface area contributed by atoms with E-state index in [1.54, 1.807) is 0 Å². The normalized spacial score (nSPS) is 24.2. The van der Waals surface area contributed by atoms with E-state index in [4.69, 9.17) is 0 Å². The molecular formula is C25H31N3O3. The third-order valence-corrected chi connectivity index (χ3v) is 7.28. The number of amides is 1. The summed E-state index contributed by atoms with van der Waals surface area (Å²) in [6, 6.07) is 8.36. The van der Waals surface area contributed by atoms with Gasteiger partial charge in [-0.05, 0) is 75.0 Å². The van der Waals surface area contributed by atoms with Crippen molar-refractivity contribution in [2.24, 2.45) is 5.92 Å². The Morgan fingerprint density at radius 1 is 0.968 bits per heavy atom. The minimum Gasteiger partial charge on any atom is -0.478 e. The number of aromatic nitrogens is 2. The Bertz CT molecular complexity index is 972. The first-order valence-electron chi connectivity index (χ1n) is 11.8. The zero-order valence-electron chi connectivity index (χ0n) is 18.0. The van der Waals surface area contributed by atoms with E-state index >= 15 is 0 Å². The van der Waals surface area contributed by atoms with Crippen LogP contribution in [0.3, 0.4) is 0 Å². The number of benzene rings is 1. The van der Waals surface area contributed by atoms with E-state index in [9.17, 15) is 14.7 Å². The first-order chi connectivity index (χ1) is 15.1. The SMILES string of the molecule is O=C(O)c1cnn(-c2cccc(C3CCCC(C(=O)N4CCCCC4)C3)c2)c1C1CC1. The molecule has 2 heterocycles. The number of aromatic carboxylic acids is 1. The molecule has 1 aromatic carbocycles. The Hall–Kier alpha value is -2.63. The van der Waals surface area contributed by atoms with Gasteiger partial charge in [-0.15, -0.1) is 0 Å². The largest absolute Gasteiger partial charge is 0.478 e. The van der Waals surface area contributed by atoms with Crippen LogP contribution >= 0.6 is 0 Å². The Morgan fingerprint density at radius 3 is 2.52 bits per heavy atom. The summed E-state index contributed by atoms with van der Waals surface area (Å²) in [7, 11) is 0. The average molecular weight is 422 g/mol. The summed E-state index contributed by atoms with van der Waals surface area (Å²) in [5.74, 6) is 0.237. The number of rotatable bonds is 5. The Labute approximate surface area is 183 Å². The summed E-state index contributed by atoms with van der Waals surface area (Å²) in [5.41, 5.74) is 3.31. The van der Waals surface area contributed by atoms with Gasteiger partial charge in [0.25, 0.3) is 0 Å². The Balaban J connectivity index is 1.37. The van der Waals surface area contributed by atoms with Crippen LogP contribution in [0.15, 0.2) is 30.5 Å². The molecule has 3 fully saturated rings. The second-order valence-corrected chi connectivity index (χ2v) is 9.48. The number of carboxylic acids is 1. The number of nitrogens with zero attached hydrogens (tertiary/aromatic N) is 3. The molecule has 0 spiro atoms. The van der Waals surface area contributed by atoms with Crippen molar-refractivity contribution < 1.29 is 14.7 Å². The minimum absolute atomic E-state index is 0.130. The van der Waals surface area contributed by atoms with Gasteiger partial charge in [-0.25, -0.2) is 9.48 Å². The first-order valence-corrected chi connectivity index (χ1v) is 11.8. The molecule has 2 atom stereocenters. The second kappa shape index (κ2) is 8.48. The average Bonchev–Trinajstić information content (AvgIpc) is 3.56. The van der Waals surface area contributed by atoms with Gasteiger partial charge in [0.05, 0.1) is 17.6 Å². The van der Waals surface area contributed by atoms with E-state index in [1.165, 1.54) is 18.2 Å². The van der Waals surface area contributed by atoms with E-state index in [0.29, 0.717) is 23.3 Å². The van der Waals surface area contributed by atoms with Gasteiger partial charge in [0.15, 0.2) is 0 Å². The molecule has 2 aliphatic carbocycles. The summed E-state index contributed by atoms with van der Waals surface area (Å²) in [4.78, 5) is 26.8. The van der Waals surface area contributed by atoms with Crippen molar-refractivity contribution >= 4 is 11.9 Å². The molecule has 1 amide bonds. The maximum Gasteiger partial charge on any atom is 0.339 e. The van der Waals surface area contributed by atoms with Crippen LogP contribution in [-0.2, 0) is 4.79 Å². The lowest BCUT2D eigenvalue weighted by Crippen LogP contribution is -2.40. The predicted octanol–water partition coefficient (Wildman–Crippen LogP) is 4.73. The minimum atomic E-state index is -0.907. The zero-order chi connectivity index (χ0) is 21.4. The zero-order valence-corrected chi connectivity index (χ0v) is 18.0. The summed E-state index contributed by atoms with van der Waals surface area (Å²) in [6.07, 6.45) is 11.1. The molecule has 1 aromatic heterocycles. The fourth-order valence-electron chi connectivity index (χ4n) is 5.48. The van der Waals surface area contributed by atoms with Gasteiger partial charge in [0.2, 0.25) is 5.91 Å². The van der Waals surface area contributed by atoms with Crippen molar-refractivity contribution in [2.75, 3.05) is 13.1 Å². The van der Waals surface area contributed by atoms with Crippen LogP contribution < -0.4 is 0 Å². The van der Waals surface area contributed by atoms with Crippen molar-refractivity contribution in [1.82, 2.24) is 14.7 Å². The Morgan fingerprint density at radius 2 is 1.77 bits per heavy atom. The lowest BCUT2D eigenvalue weighted by molar-refractivity contribution is -0.137. The molecule has 2 unspecified atom stereocenters. The van der Waals surface area contributed by atoms with Crippen LogP contribution in [0.5, 0.6) is 0 Å². The summed E-state index contributed by atoms with van der Waals surface area (Å²) in [6.45, 7) is 1.84. The van der Waals surface area contributed by atoms with Crippen molar-refractivity contribution in [3.05, 3.63) is 47.3 Å². The van der Waals surface area contributed by atoms with Gasteiger partial charge >= 0.3 is 5.97 Å². The molecule has 6 nitrogen and oxygen atoms in total. The Kier molecular flexibility index (Phi) is 5.55. The summed E-state index contributed by atoms with van der Waals surface area (Å²) >= 11 is 0. The third-order valence-electron chi connectivity index (χ3n) is 7.28. The monoisotopic (exact) mass is 421 g/mol. The third kappa shape index (κ3) is 4.12. The standard InChI is InChI=1S/C25H31N3O3/c29-24(27-12-2-1-3-13-27)20-8-4-6-18(14-20)19-7-5-9-21(15-19)28-23(17-10-11-17)22(16-26-28)25(30)31/h5,7,9,15-18,20H,1-4,6,8,10-14H2,(H,30,31). The van der Waals surface area contributed by atoms with E-state index in [2.05, 4.69) is 22.1 Å². The molecule has 1 saturated heterocycles. The molecule has 31 heavy (non-hydrogen) atoms. The molecule has 5 rings (SSSR count). The van der Waals surface area contributed by atoms with Gasteiger partial charge in [-0.1, -0.05) is 18.6 Å². The lowest BCUT2D eigenvalue weighted by Gasteiger charge is -2.34. The molecule has 2 saturated carbocycles. The molecule has 1 aliphatic heterocycles. The second-order valence-electron chi connectivity index (χ2n) is 9.48. The molecule has 0 bridgehead atoms. The molecular weight excluding hydrogens is 390 g/mol. The number of carbonyl (C=O) groups excluding carboxylic acids is 1. The van der Waals surface area contributed by atoms with Crippen molar-refractivity contribution in [2.45, 2.75) is 69.6 Å². The van der Waals surface area contributed by atoms with Crippen LogP contribution in [0.1, 0.15) is 91.2 Å². The van der Waals surface area contributed by atoms with Crippen LogP contribution in [0.25, 0.3) is 5.69 Å². The predicted molar refractivity (Wildman–Crippen MR) is 118 cm³/mol. The topological polar surface area (TPSA) is 75.4 Å². The van der Waals surface area contributed by atoms with Crippen molar-refractivity contribution in [3.8, 4) is 5.69 Å². The molecule has 0 radical (unpaired) electrons. The smallest absolute Gasteiger partial charge is 0.339 e. The highest BCUT2D eigenvalue weighted by atomic mass is 16.4. The van der Waals surface area contributed by atoms with Crippen molar-refractivity contribution in [3.63, 3.8) is 0 Å². The highest BCUT2D eigenvalue weighted by Crippen LogP contribution is 2.43. The summed E-state index contributed by atoms with van der Waals surface area (Å²) in [5, 5.41) is 14.0. The van der Waals surface area contributed by atoms with E-state index in [-0.39, 0.29) is 5.92 Å². The maximum absolute atomic E-state index is 13.1. The molecule has 1 N–H and O–H groups in total. The van der Waals surface area contributed by atoms with Gasteiger partial charge in [-0.2, -0.15) is 5.10 Å². The van der Waals surface area contributed by atoms with Crippen molar-refractivity contribution in [1.29, 1.82) is 0 Å². The van der Waals surface area contributed by atoms with Crippen LogP contribution in [-0.4, -0.2) is 44.8 Å². The molecule has 2 aromatic rings.